The van der Waals surface area contributed by atoms with Crippen molar-refractivity contribution in [3.63, 3.8) is 0 Å². The Bertz CT molecular complexity index is 539. The van der Waals surface area contributed by atoms with Gasteiger partial charge in [-0.2, -0.15) is 0 Å². The molecule has 1 aliphatic heterocycles. The van der Waals surface area contributed by atoms with Gasteiger partial charge in [-0.1, -0.05) is 0 Å². The van der Waals surface area contributed by atoms with Crippen LogP contribution < -0.4 is 5.32 Å². The molecule has 1 amide bonds. The number of carbonyl (C=O) groups is 2. The monoisotopic (exact) mass is 322 g/mol. The molecule has 0 saturated carbocycles. The highest BCUT2D eigenvalue weighted by Gasteiger charge is 2.30. The molecule has 0 radical (unpaired) electrons. The Balaban J connectivity index is 1.84. The molecule has 1 N–H and O–H groups in total. The fourth-order valence-corrected chi connectivity index (χ4v) is 2.73. The first-order valence-electron chi connectivity index (χ1n) is 7.98. The molecule has 0 unspecified atom stereocenters. The molecule has 126 valence electrons. The largest absolute Gasteiger partial charge is 0.466 e. The van der Waals surface area contributed by atoms with Crippen molar-refractivity contribution in [3.8, 4) is 0 Å². The second kappa shape index (κ2) is 8.06. The fraction of sp³-hybridized carbons (Fsp3) is 0.529. The molecule has 6 heteroatoms. The molecule has 1 saturated heterocycles. The van der Waals surface area contributed by atoms with Crippen LogP contribution in [0.15, 0.2) is 24.3 Å². The van der Waals surface area contributed by atoms with Gasteiger partial charge < -0.3 is 10.1 Å². The summed E-state index contributed by atoms with van der Waals surface area (Å²) >= 11 is 0. The van der Waals surface area contributed by atoms with E-state index in [0.29, 0.717) is 38.2 Å². The molecule has 0 bridgehead atoms. The van der Waals surface area contributed by atoms with E-state index in [1.165, 1.54) is 24.3 Å². The summed E-state index contributed by atoms with van der Waals surface area (Å²) in [6.07, 6.45) is 1.40. The van der Waals surface area contributed by atoms with Crippen LogP contribution in [0.3, 0.4) is 0 Å². The van der Waals surface area contributed by atoms with Gasteiger partial charge in [0.25, 0.3) is 0 Å². The molecule has 23 heavy (non-hydrogen) atoms. The average Bonchev–Trinajstić information content (AvgIpc) is 2.56. The van der Waals surface area contributed by atoms with E-state index >= 15 is 0 Å². The quantitative estimate of drug-likeness (QED) is 0.846. The number of amides is 1. The highest BCUT2D eigenvalue weighted by molar-refractivity contribution is 5.94. The van der Waals surface area contributed by atoms with E-state index in [-0.39, 0.29) is 29.7 Å². The van der Waals surface area contributed by atoms with Crippen molar-refractivity contribution >= 4 is 17.6 Å². The molecule has 0 spiro atoms. The smallest absolute Gasteiger partial charge is 0.309 e. The standard InChI is InChI=1S/C17H23FN2O3/c1-3-23-17(22)13-8-10-20(11-9-13)12(2)16(21)19-15-6-4-14(18)5-7-15/h4-7,12-13H,3,8-11H2,1-2H3,(H,19,21)/t12-/m1/s1. The van der Waals surface area contributed by atoms with Crippen molar-refractivity contribution in [1.82, 2.24) is 4.90 Å². The molecule has 1 atom stereocenters. The van der Waals surface area contributed by atoms with Crippen molar-refractivity contribution in [3.05, 3.63) is 30.1 Å². The van der Waals surface area contributed by atoms with Crippen molar-refractivity contribution in [1.29, 1.82) is 0 Å². The van der Waals surface area contributed by atoms with Crippen LogP contribution >= 0.6 is 0 Å². The second-order valence-corrected chi connectivity index (χ2v) is 5.73. The Labute approximate surface area is 135 Å². The van der Waals surface area contributed by atoms with Gasteiger partial charge in [-0.3, -0.25) is 14.5 Å². The van der Waals surface area contributed by atoms with Crippen molar-refractivity contribution < 1.29 is 18.7 Å². The first-order valence-corrected chi connectivity index (χ1v) is 7.98. The number of hydrogen-bond donors (Lipinski definition) is 1. The molecule has 1 fully saturated rings. The molecule has 0 aliphatic carbocycles. The third kappa shape index (κ3) is 4.76. The Morgan fingerprint density at radius 1 is 1.30 bits per heavy atom. The van der Waals surface area contributed by atoms with E-state index in [1.54, 1.807) is 6.92 Å². The molecule has 1 heterocycles. The lowest BCUT2D eigenvalue weighted by molar-refractivity contribution is -0.149. The lowest BCUT2D eigenvalue weighted by Crippen LogP contribution is -2.47. The third-order valence-corrected chi connectivity index (χ3v) is 4.19. The van der Waals surface area contributed by atoms with Gasteiger partial charge in [0.1, 0.15) is 5.82 Å². The van der Waals surface area contributed by atoms with Crippen LogP contribution in [-0.2, 0) is 14.3 Å². The van der Waals surface area contributed by atoms with Crippen molar-refractivity contribution in [2.24, 2.45) is 5.92 Å². The number of piperidine rings is 1. The van der Waals surface area contributed by atoms with Gasteiger partial charge in [0.2, 0.25) is 5.91 Å². The summed E-state index contributed by atoms with van der Waals surface area (Å²) in [5.74, 6) is -0.683. The Morgan fingerprint density at radius 2 is 1.91 bits per heavy atom. The summed E-state index contributed by atoms with van der Waals surface area (Å²) in [6, 6.07) is 5.39. The summed E-state index contributed by atoms with van der Waals surface area (Å²) in [4.78, 5) is 26.1. The van der Waals surface area contributed by atoms with E-state index in [1.807, 2.05) is 6.92 Å². The summed E-state index contributed by atoms with van der Waals surface area (Å²) in [5, 5.41) is 2.78. The zero-order valence-electron chi connectivity index (χ0n) is 13.5. The highest BCUT2D eigenvalue weighted by atomic mass is 19.1. The average molecular weight is 322 g/mol. The number of benzene rings is 1. The number of nitrogens with zero attached hydrogens (tertiary/aromatic N) is 1. The Morgan fingerprint density at radius 3 is 2.48 bits per heavy atom. The molecule has 2 rings (SSSR count). The van der Waals surface area contributed by atoms with E-state index in [2.05, 4.69) is 10.2 Å². The highest BCUT2D eigenvalue weighted by Crippen LogP contribution is 2.21. The predicted octanol–water partition coefficient (Wildman–Crippen LogP) is 2.43. The van der Waals surface area contributed by atoms with Gasteiger partial charge >= 0.3 is 5.97 Å². The summed E-state index contributed by atoms with van der Waals surface area (Å²) in [7, 11) is 0. The predicted molar refractivity (Wildman–Crippen MR) is 85.4 cm³/mol. The third-order valence-electron chi connectivity index (χ3n) is 4.19. The fourth-order valence-electron chi connectivity index (χ4n) is 2.73. The number of nitrogens with one attached hydrogen (secondary N) is 1. The maximum absolute atomic E-state index is 12.9. The Kier molecular flexibility index (Phi) is 6.10. The van der Waals surface area contributed by atoms with Crippen LogP contribution in [0.5, 0.6) is 0 Å². The summed E-state index contributed by atoms with van der Waals surface area (Å²) in [6.45, 7) is 5.40. The normalized spacial score (nSPS) is 17.5. The molecule has 5 nitrogen and oxygen atoms in total. The molecular formula is C17H23FN2O3. The van der Waals surface area contributed by atoms with Gasteiger partial charge in [0.05, 0.1) is 18.6 Å². The maximum atomic E-state index is 12.9. The van der Waals surface area contributed by atoms with E-state index in [0.717, 1.165) is 0 Å². The number of ether oxygens (including phenoxy) is 1. The van der Waals surface area contributed by atoms with Crippen molar-refractivity contribution in [2.75, 3.05) is 25.0 Å². The molecule has 1 aliphatic rings. The number of anilines is 1. The maximum Gasteiger partial charge on any atom is 0.309 e. The number of halogens is 1. The van der Waals surface area contributed by atoms with Crippen LogP contribution in [0.2, 0.25) is 0 Å². The minimum atomic E-state index is -0.336. The number of hydrogen-bond acceptors (Lipinski definition) is 4. The van der Waals surface area contributed by atoms with E-state index in [4.69, 9.17) is 4.74 Å². The lowest BCUT2D eigenvalue weighted by atomic mass is 9.96. The van der Waals surface area contributed by atoms with Crippen LogP contribution in [0.1, 0.15) is 26.7 Å². The van der Waals surface area contributed by atoms with Crippen LogP contribution in [0.4, 0.5) is 10.1 Å². The van der Waals surface area contributed by atoms with Gasteiger partial charge in [-0.25, -0.2) is 4.39 Å². The van der Waals surface area contributed by atoms with Gasteiger partial charge in [-0.05, 0) is 64.0 Å². The van der Waals surface area contributed by atoms with Crippen molar-refractivity contribution in [2.45, 2.75) is 32.7 Å². The number of esters is 1. The Hall–Kier alpha value is -1.95. The molecular weight excluding hydrogens is 299 g/mol. The minimum absolute atomic E-state index is 0.0708. The second-order valence-electron chi connectivity index (χ2n) is 5.73. The topological polar surface area (TPSA) is 58.6 Å². The number of rotatable bonds is 5. The summed E-state index contributed by atoms with van der Waals surface area (Å²) < 4.78 is 17.9. The zero-order valence-corrected chi connectivity index (χ0v) is 13.5. The minimum Gasteiger partial charge on any atom is -0.466 e. The van der Waals surface area contributed by atoms with Gasteiger partial charge in [-0.15, -0.1) is 0 Å². The van der Waals surface area contributed by atoms with Gasteiger partial charge in [0.15, 0.2) is 0 Å². The first kappa shape index (κ1) is 17.4. The van der Waals surface area contributed by atoms with E-state index in [9.17, 15) is 14.0 Å². The number of likely N-dealkylation sites (tertiary alicyclic amines) is 1. The van der Waals surface area contributed by atoms with E-state index < -0.39 is 0 Å². The lowest BCUT2D eigenvalue weighted by Gasteiger charge is -2.34. The van der Waals surface area contributed by atoms with Gasteiger partial charge in [0, 0.05) is 5.69 Å². The SMILES string of the molecule is CCOC(=O)C1CCN([C@H](C)C(=O)Nc2ccc(F)cc2)CC1. The van der Waals surface area contributed by atoms with Crippen LogP contribution in [0.25, 0.3) is 0 Å². The van der Waals surface area contributed by atoms with Crippen LogP contribution in [-0.4, -0.2) is 42.5 Å². The zero-order chi connectivity index (χ0) is 16.8. The number of carbonyl (C=O) groups excluding carboxylic acids is 2. The first-order chi connectivity index (χ1) is 11.0. The molecule has 1 aromatic carbocycles. The summed E-state index contributed by atoms with van der Waals surface area (Å²) in [5.41, 5.74) is 0.574. The molecule has 0 aromatic heterocycles. The van der Waals surface area contributed by atoms with Crippen LogP contribution in [0, 0.1) is 11.7 Å². The molecule has 1 aromatic rings.